The van der Waals surface area contributed by atoms with Gasteiger partial charge in [0.25, 0.3) is 0 Å². The Kier molecular flexibility index (Phi) is 1.16. The fourth-order valence-electron chi connectivity index (χ4n) is 2.48. The minimum absolute atomic E-state index is 0.586. The topological polar surface area (TPSA) is 15.3 Å². The van der Waals surface area contributed by atoms with Gasteiger partial charge in [0.05, 0.1) is 0 Å². The Bertz CT molecular complexity index is 170. The first-order chi connectivity index (χ1) is 5.38. The summed E-state index contributed by atoms with van der Waals surface area (Å²) in [4.78, 5) is 2.69. The summed E-state index contributed by atoms with van der Waals surface area (Å²) in [6, 6.07) is 0.983. The Labute approximate surface area is 68.0 Å². The minimum atomic E-state index is 0.586. The van der Waals surface area contributed by atoms with Crippen molar-refractivity contribution >= 4 is 0 Å². The molecule has 2 heterocycles. The first-order valence-electron chi connectivity index (χ1n) is 4.87. The van der Waals surface area contributed by atoms with Gasteiger partial charge in [-0.1, -0.05) is 0 Å². The lowest BCUT2D eigenvalue weighted by atomic mass is 9.87. The number of nitrogens with zero attached hydrogens (tertiary/aromatic N) is 1. The molecule has 0 unspecified atom stereocenters. The van der Waals surface area contributed by atoms with Crippen molar-refractivity contribution in [3.8, 4) is 0 Å². The van der Waals surface area contributed by atoms with E-state index in [0.717, 1.165) is 6.04 Å². The monoisotopic (exact) mass is 152 g/mol. The molecular formula is C9H16N2. The molecule has 2 nitrogen and oxygen atoms in total. The van der Waals surface area contributed by atoms with Crippen molar-refractivity contribution in [3.63, 3.8) is 0 Å². The molecule has 2 aliphatic heterocycles. The van der Waals surface area contributed by atoms with Gasteiger partial charge in [-0.2, -0.15) is 0 Å². The maximum atomic E-state index is 3.59. The number of rotatable bonds is 1. The Morgan fingerprint density at radius 1 is 1.27 bits per heavy atom. The molecule has 1 aliphatic carbocycles. The zero-order valence-corrected chi connectivity index (χ0v) is 6.97. The van der Waals surface area contributed by atoms with Crippen molar-refractivity contribution in [2.75, 3.05) is 19.6 Å². The molecule has 3 rings (SSSR count). The van der Waals surface area contributed by atoms with Crippen molar-refractivity contribution in [3.05, 3.63) is 0 Å². The Morgan fingerprint density at radius 3 is 2.55 bits per heavy atom. The van der Waals surface area contributed by atoms with Gasteiger partial charge in [0.2, 0.25) is 0 Å². The summed E-state index contributed by atoms with van der Waals surface area (Å²) in [5.41, 5.74) is 0.586. The lowest BCUT2D eigenvalue weighted by Gasteiger charge is -2.40. The summed E-state index contributed by atoms with van der Waals surface area (Å²) in [6.07, 6.45) is 5.77. The third-order valence-electron chi connectivity index (χ3n) is 3.55. The van der Waals surface area contributed by atoms with Crippen LogP contribution in [0.2, 0.25) is 0 Å². The van der Waals surface area contributed by atoms with Crippen LogP contribution in [0, 0.1) is 0 Å². The standard InChI is InChI=1S/C9H16N2/c1-2-8(1)11-6-4-9(7-11)3-5-10-9/h8,10H,1-7H2/t9-/m1/s1. The van der Waals surface area contributed by atoms with Gasteiger partial charge in [-0.3, -0.25) is 4.90 Å². The molecule has 3 aliphatic rings. The van der Waals surface area contributed by atoms with Gasteiger partial charge < -0.3 is 5.32 Å². The molecule has 3 fully saturated rings. The van der Waals surface area contributed by atoms with E-state index in [2.05, 4.69) is 10.2 Å². The van der Waals surface area contributed by atoms with Gasteiger partial charge in [0, 0.05) is 24.7 Å². The largest absolute Gasteiger partial charge is 0.310 e. The van der Waals surface area contributed by atoms with Crippen LogP contribution < -0.4 is 5.32 Å². The minimum Gasteiger partial charge on any atom is -0.310 e. The molecule has 62 valence electrons. The van der Waals surface area contributed by atoms with E-state index in [4.69, 9.17) is 0 Å². The normalized spacial score (nSPS) is 44.7. The van der Waals surface area contributed by atoms with E-state index in [-0.39, 0.29) is 0 Å². The Hall–Kier alpha value is -0.0800. The molecule has 11 heavy (non-hydrogen) atoms. The van der Waals surface area contributed by atoms with Gasteiger partial charge >= 0.3 is 0 Å². The summed E-state index contributed by atoms with van der Waals surface area (Å²) in [5, 5.41) is 3.59. The number of nitrogens with one attached hydrogen (secondary N) is 1. The first kappa shape index (κ1) is 6.44. The average molecular weight is 152 g/mol. The van der Waals surface area contributed by atoms with E-state index in [9.17, 15) is 0 Å². The highest BCUT2D eigenvalue weighted by molar-refractivity contribution is 5.06. The van der Waals surface area contributed by atoms with E-state index in [1.165, 1.54) is 45.3 Å². The van der Waals surface area contributed by atoms with Crippen LogP contribution in [0.1, 0.15) is 25.7 Å². The quantitative estimate of drug-likeness (QED) is 0.591. The predicted molar refractivity (Wildman–Crippen MR) is 44.6 cm³/mol. The van der Waals surface area contributed by atoms with E-state index >= 15 is 0 Å². The van der Waals surface area contributed by atoms with Crippen LogP contribution in [0.15, 0.2) is 0 Å². The molecular weight excluding hydrogens is 136 g/mol. The number of hydrogen-bond acceptors (Lipinski definition) is 2. The average Bonchev–Trinajstić information content (AvgIpc) is 2.67. The van der Waals surface area contributed by atoms with Gasteiger partial charge in [-0.05, 0) is 32.2 Å². The van der Waals surface area contributed by atoms with E-state index in [1.54, 1.807) is 0 Å². The molecule has 2 saturated heterocycles. The van der Waals surface area contributed by atoms with Crippen LogP contribution in [-0.2, 0) is 0 Å². The Balaban J connectivity index is 1.66. The van der Waals surface area contributed by atoms with Crippen LogP contribution in [0.4, 0.5) is 0 Å². The fraction of sp³-hybridized carbons (Fsp3) is 1.00. The summed E-state index contributed by atoms with van der Waals surface area (Å²) in [7, 11) is 0. The molecule has 1 saturated carbocycles. The number of likely N-dealkylation sites (tertiary alicyclic amines) is 1. The van der Waals surface area contributed by atoms with Gasteiger partial charge in [0.1, 0.15) is 0 Å². The summed E-state index contributed by atoms with van der Waals surface area (Å²) in [5.74, 6) is 0. The SMILES string of the molecule is C1C[C@]2(CCN(C3CC3)C2)N1. The van der Waals surface area contributed by atoms with Crippen LogP contribution in [0.3, 0.4) is 0 Å². The van der Waals surface area contributed by atoms with Crippen molar-refractivity contribution in [2.24, 2.45) is 0 Å². The molecule has 1 atom stereocenters. The highest BCUT2D eigenvalue weighted by Crippen LogP contribution is 2.36. The smallest absolute Gasteiger partial charge is 0.0333 e. The number of hydrogen-bond donors (Lipinski definition) is 1. The molecule has 0 aromatic heterocycles. The van der Waals surface area contributed by atoms with Crippen molar-refractivity contribution in [2.45, 2.75) is 37.3 Å². The molecule has 0 bridgehead atoms. The lowest BCUT2D eigenvalue weighted by Crippen LogP contribution is -2.58. The van der Waals surface area contributed by atoms with E-state index < -0.39 is 0 Å². The van der Waals surface area contributed by atoms with Crippen molar-refractivity contribution in [1.29, 1.82) is 0 Å². The molecule has 0 aromatic carbocycles. The highest BCUT2D eigenvalue weighted by Gasteiger charge is 2.45. The Morgan fingerprint density at radius 2 is 2.09 bits per heavy atom. The van der Waals surface area contributed by atoms with Crippen LogP contribution in [0.5, 0.6) is 0 Å². The summed E-state index contributed by atoms with van der Waals surface area (Å²) >= 11 is 0. The van der Waals surface area contributed by atoms with Crippen LogP contribution in [-0.4, -0.2) is 36.1 Å². The van der Waals surface area contributed by atoms with E-state index in [0.29, 0.717) is 5.54 Å². The zero-order chi connectivity index (χ0) is 7.31. The zero-order valence-electron chi connectivity index (χ0n) is 6.97. The fourth-order valence-corrected chi connectivity index (χ4v) is 2.48. The highest BCUT2D eigenvalue weighted by atomic mass is 15.3. The molecule has 0 aromatic rings. The second-order valence-corrected chi connectivity index (χ2v) is 4.41. The molecule has 2 heteroatoms. The molecule has 0 amide bonds. The van der Waals surface area contributed by atoms with E-state index in [1.807, 2.05) is 0 Å². The molecule has 0 radical (unpaired) electrons. The summed E-state index contributed by atoms with van der Waals surface area (Å²) < 4.78 is 0. The maximum Gasteiger partial charge on any atom is 0.0333 e. The third-order valence-corrected chi connectivity index (χ3v) is 3.55. The third kappa shape index (κ3) is 0.926. The van der Waals surface area contributed by atoms with Gasteiger partial charge in [0.15, 0.2) is 0 Å². The maximum absolute atomic E-state index is 3.59. The molecule has 1 N–H and O–H groups in total. The molecule has 1 spiro atoms. The van der Waals surface area contributed by atoms with Crippen molar-refractivity contribution in [1.82, 2.24) is 10.2 Å². The second-order valence-electron chi connectivity index (χ2n) is 4.41. The first-order valence-corrected chi connectivity index (χ1v) is 4.87. The van der Waals surface area contributed by atoms with Crippen LogP contribution in [0.25, 0.3) is 0 Å². The summed E-state index contributed by atoms with van der Waals surface area (Å²) in [6.45, 7) is 3.97. The lowest BCUT2D eigenvalue weighted by molar-refractivity contribution is 0.199. The van der Waals surface area contributed by atoms with Gasteiger partial charge in [-0.25, -0.2) is 0 Å². The van der Waals surface area contributed by atoms with Crippen molar-refractivity contribution < 1.29 is 0 Å². The second kappa shape index (κ2) is 1.99. The van der Waals surface area contributed by atoms with Gasteiger partial charge in [-0.15, -0.1) is 0 Å². The van der Waals surface area contributed by atoms with Crippen LogP contribution >= 0.6 is 0 Å². The predicted octanol–water partition coefficient (Wildman–Crippen LogP) is 0.587.